The molecule has 2 aromatic carbocycles. The molecule has 3 rings (SSSR count). The van der Waals surface area contributed by atoms with Crippen molar-refractivity contribution in [2.24, 2.45) is 0 Å². The number of urea groups is 1. The van der Waals surface area contributed by atoms with Crippen LogP contribution in [0.15, 0.2) is 60.7 Å². The van der Waals surface area contributed by atoms with Gasteiger partial charge in [0.25, 0.3) is 0 Å². The fourth-order valence-corrected chi connectivity index (χ4v) is 3.14. The van der Waals surface area contributed by atoms with Crippen LogP contribution in [0.3, 0.4) is 0 Å². The molecule has 6 heteroatoms. The van der Waals surface area contributed by atoms with E-state index in [1.165, 1.54) is 0 Å². The third-order valence-corrected chi connectivity index (χ3v) is 4.45. The Morgan fingerprint density at radius 2 is 1.33 bits per heavy atom. The Balaban J connectivity index is 1.71. The zero-order chi connectivity index (χ0) is 19.2. The first-order valence-corrected chi connectivity index (χ1v) is 9.07. The minimum absolute atomic E-state index is 0.104. The van der Waals surface area contributed by atoms with Gasteiger partial charge in [0.2, 0.25) is 0 Å². The molecule has 0 bridgehead atoms. The molecule has 0 spiro atoms. The summed E-state index contributed by atoms with van der Waals surface area (Å²) in [6.07, 6.45) is 0.880. The van der Waals surface area contributed by atoms with Crippen molar-refractivity contribution in [3.63, 3.8) is 0 Å². The average molecular weight is 365 g/mol. The van der Waals surface area contributed by atoms with Crippen LogP contribution in [0.25, 0.3) is 0 Å². The maximum absolute atomic E-state index is 12.7. The highest BCUT2D eigenvalue weighted by molar-refractivity contribution is 6.44. The zero-order valence-corrected chi connectivity index (χ0v) is 15.4. The highest BCUT2D eigenvalue weighted by Gasteiger charge is 2.44. The number of amides is 4. The second kappa shape index (κ2) is 8.60. The number of nitrogens with zero attached hydrogens (tertiary/aromatic N) is 3. The summed E-state index contributed by atoms with van der Waals surface area (Å²) >= 11 is 0. The lowest BCUT2D eigenvalue weighted by molar-refractivity contribution is -0.144. The van der Waals surface area contributed by atoms with Crippen molar-refractivity contribution in [2.45, 2.75) is 26.4 Å². The molecule has 4 amide bonds. The summed E-state index contributed by atoms with van der Waals surface area (Å²) in [6, 6.07) is 18.5. The summed E-state index contributed by atoms with van der Waals surface area (Å²) in [5.41, 5.74) is 1.90. The lowest BCUT2D eigenvalue weighted by Crippen LogP contribution is -2.42. The van der Waals surface area contributed by atoms with Crippen LogP contribution in [0, 0.1) is 0 Å². The molecule has 0 saturated carbocycles. The molecule has 6 nitrogen and oxygen atoms in total. The average Bonchev–Trinajstić information content (AvgIpc) is 2.88. The first-order chi connectivity index (χ1) is 13.1. The molecular formula is C21H23N3O3. The van der Waals surface area contributed by atoms with E-state index in [1.54, 1.807) is 0 Å². The number of carbonyl (C=O) groups is 3. The maximum Gasteiger partial charge on any atom is 0.335 e. The molecule has 0 atom stereocenters. The summed E-state index contributed by atoms with van der Waals surface area (Å²) in [6.45, 7) is 3.58. The van der Waals surface area contributed by atoms with Gasteiger partial charge in [0.05, 0.1) is 13.2 Å². The topological polar surface area (TPSA) is 60.9 Å². The van der Waals surface area contributed by atoms with Gasteiger partial charge in [-0.05, 0) is 24.1 Å². The van der Waals surface area contributed by atoms with Gasteiger partial charge in [-0.1, -0.05) is 67.6 Å². The molecule has 140 valence electrons. The third kappa shape index (κ3) is 4.41. The van der Waals surface area contributed by atoms with E-state index in [-0.39, 0.29) is 13.2 Å². The highest BCUT2D eigenvalue weighted by Crippen LogP contribution is 2.17. The lowest BCUT2D eigenvalue weighted by atomic mass is 10.2. The number of hydrogen-bond donors (Lipinski definition) is 0. The van der Waals surface area contributed by atoms with Crippen molar-refractivity contribution >= 4 is 17.8 Å². The second-order valence-corrected chi connectivity index (χ2v) is 6.57. The Bertz CT molecular complexity index is 808. The van der Waals surface area contributed by atoms with Gasteiger partial charge in [0.15, 0.2) is 0 Å². The second-order valence-electron chi connectivity index (χ2n) is 6.57. The lowest BCUT2D eigenvalue weighted by Gasteiger charge is -2.26. The third-order valence-electron chi connectivity index (χ3n) is 4.45. The van der Waals surface area contributed by atoms with Crippen LogP contribution in [0.2, 0.25) is 0 Å². The number of imide groups is 2. The fourth-order valence-electron chi connectivity index (χ4n) is 3.14. The van der Waals surface area contributed by atoms with Crippen molar-refractivity contribution in [2.75, 3.05) is 13.2 Å². The van der Waals surface area contributed by atoms with Gasteiger partial charge >= 0.3 is 17.8 Å². The Hall–Kier alpha value is -2.99. The van der Waals surface area contributed by atoms with E-state index in [4.69, 9.17) is 0 Å². The van der Waals surface area contributed by atoms with Crippen molar-refractivity contribution in [3.8, 4) is 0 Å². The molecule has 0 radical (unpaired) electrons. The van der Waals surface area contributed by atoms with Crippen molar-refractivity contribution in [1.29, 1.82) is 0 Å². The summed E-state index contributed by atoms with van der Waals surface area (Å²) in [7, 11) is 0. The molecular weight excluding hydrogens is 342 g/mol. The van der Waals surface area contributed by atoms with Crippen LogP contribution in [0.1, 0.15) is 24.5 Å². The molecule has 1 heterocycles. The molecule has 1 fully saturated rings. The molecule has 0 N–H and O–H groups in total. The van der Waals surface area contributed by atoms with E-state index >= 15 is 0 Å². The predicted octanol–water partition coefficient (Wildman–Crippen LogP) is 2.85. The van der Waals surface area contributed by atoms with E-state index < -0.39 is 17.8 Å². The van der Waals surface area contributed by atoms with Crippen molar-refractivity contribution < 1.29 is 14.4 Å². The summed E-state index contributed by atoms with van der Waals surface area (Å²) in [5, 5.41) is 0. The van der Waals surface area contributed by atoms with Crippen molar-refractivity contribution in [1.82, 2.24) is 14.7 Å². The summed E-state index contributed by atoms with van der Waals surface area (Å²) in [4.78, 5) is 41.5. The van der Waals surface area contributed by atoms with Crippen LogP contribution in [0.4, 0.5) is 4.79 Å². The summed E-state index contributed by atoms with van der Waals surface area (Å²) < 4.78 is 0. The van der Waals surface area contributed by atoms with Crippen LogP contribution in [0.5, 0.6) is 0 Å². The molecule has 0 aliphatic carbocycles. The minimum atomic E-state index is -0.764. The molecule has 1 saturated heterocycles. The quantitative estimate of drug-likeness (QED) is 0.533. The molecule has 27 heavy (non-hydrogen) atoms. The molecule has 2 aromatic rings. The fraction of sp³-hybridized carbons (Fsp3) is 0.286. The van der Waals surface area contributed by atoms with Crippen molar-refractivity contribution in [3.05, 3.63) is 71.8 Å². The first kappa shape index (κ1) is 18.8. The first-order valence-electron chi connectivity index (χ1n) is 9.07. The Morgan fingerprint density at radius 3 is 1.93 bits per heavy atom. The predicted molar refractivity (Wildman–Crippen MR) is 101 cm³/mol. The normalized spacial score (nSPS) is 14.5. The standard InChI is InChI=1S/C21H23N3O3/c1-2-13-22(14-17-9-5-3-6-10-17)16-24-20(26)19(25)23(21(24)27)15-18-11-7-4-8-12-18/h3-12H,2,13-16H2,1H3. The van der Waals surface area contributed by atoms with Crippen LogP contribution in [-0.4, -0.2) is 45.8 Å². The smallest absolute Gasteiger partial charge is 0.281 e. The van der Waals surface area contributed by atoms with Gasteiger partial charge in [0, 0.05) is 6.54 Å². The molecule has 0 unspecified atom stereocenters. The van der Waals surface area contributed by atoms with Gasteiger partial charge in [-0.3, -0.25) is 19.4 Å². The number of rotatable bonds is 8. The SMILES string of the molecule is CCCN(Cc1ccccc1)CN1C(=O)C(=O)N(Cc2ccccc2)C1=O. The number of hydrogen-bond acceptors (Lipinski definition) is 4. The number of carbonyl (C=O) groups excluding carboxylic acids is 3. The van der Waals surface area contributed by atoms with Gasteiger partial charge in [-0.25, -0.2) is 9.69 Å². The highest BCUT2D eigenvalue weighted by atomic mass is 16.2. The molecule has 1 aliphatic rings. The van der Waals surface area contributed by atoms with Gasteiger partial charge in [0.1, 0.15) is 0 Å². The minimum Gasteiger partial charge on any atom is -0.281 e. The van der Waals surface area contributed by atoms with E-state index in [0.717, 1.165) is 33.9 Å². The molecule has 0 aromatic heterocycles. The Kier molecular flexibility index (Phi) is 5.98. The van der Waals surface area contributed by atoms with E-state index in [0.29, 0.717) is 6.54 Å². The van der Waals surface area contributed by atoms with E-state index in [2.05, 4.69) is 0 Å². The molecule has 1 aliphatic heterocycles. The maximum atomic E-state index is 12.7. The van der Waals surface area contributed by atoms with Crippen LogP contribution < -0.4 is 0 Å². The summed E-state index contributed by atoms with van der Waals surface area (Å²) in [5.74, 6) is -1.52. The zero-order valence-electron chi connectivity index (χ0n) is 15.4. The van der Waals surface area contributed by atoms with E-state index in [1.807, 2.05) is 72.5 Å². The Labute approximate surface area is 159 Å². The number of benzene rings is 2. The van der Waals surface area contributed by atoms with Gasteiger partial charge in [-0.15, -0.1) is 0 Å². The van der Waals surface area contributed by atoms with Gasteiger partial charge < -0.3 is 0 Å². The largest absolute Gasteiger partial charge is 0.335 e. The monoisotopic (exact) mass is 365 g/mol. The van der Waals surface area contributed by atoms with Gasteiger partial charge in [-0.2, -0.15) is 0 Å². The van der Waals surface area contributed by atoms with E-state index in [9.17, 15) is 14.4 Å². The van der Waals surface area contributed by atoms with Crippen LogP contribution >= 0.6 is 0 Å². The van der Waals surface area contributed by atoms with Crippen LogP contribution in [-0.2, 0) is 22.7 Å². The Morgan fingerprint density at radius 1 is 0.778 bits per heavy atom.